The van der Waals surface area contributed by atoms with E-state index in [1.54, 1.807) is 0 Å². The zero-order valence-corrected chi connectivity index (χ0v) is 18.9. The van der Waals surface area contributed by atoms with Crippen LogP contribution in [0.15, 0.2) is 11.4 Å². The Morgan fingerprint density at radius 1 is 0.659 bits per heavy atom. The van der Waals surface area contributed by atoms with E-state index in [4.69, 9.17) is 0 Å². The quantitative estimate of drug-likeness (QED) is 0.173. The highest BCUT2D eigenvalue weighted by molar-refractivity contribution is 7.90. The SMILES string of the molecule is CCN(C(F)(F)C(F)(F)C(F)=C(C(=O)[O-])C(F)(F)F)S(=O)(=O)C(F)(F)C(F)(F)C(F)(F)C(F)(F)C(F)(F)C(F)(F)F. The van der Waals surface area contributed by atoms with Gasteiger partial charge in [-0.15, -0.1) is 4.31 Å². The molecule has 244 valence electrons. The van der Waals surface area contributed by atoms with Gasteiger partial charge < -0.3 is 9.90 Å². The Kier molecular flexibility index (Phi) is 9.55. The number of alkyl halides is 20. The number of sulfonamides is 1. The van der Waals surface area contributed by atoms with Gasteiger partial charge in [-0.25, -0.2) is 12.8 Å². The maximum atomic E-state index is 14.2. The average molecular weight is 682 g/mol. The summed E-state index contributed by atoms with van der Waals surface area (Å²) in [6.07, 6.45) is -15.0. The third kappa shape index (κ3) is 5.34. The van der Waals surface area contributed by atoms with Crippen molar-refractivity contribution in [2.75, 3.05) is 6.54 Å². The van der Waals surface area contributed by atoms with Gasteiger partial charge in [0.15, 0.2) is 5.83 Å². The first-order chi connectivity index (χ1) is 17.4. The van der Waals surface area contributed by atoms with Gasteiger partial charge in [0.2, 0.25) is 0 Å². The molecule has 0 amide bonds. The third-order valence-electron chi connectivity index (χ3n) is 4.48. The Bertz CT molecular complexity index is 1150. The van der Waals surface area contributed by atoms with E-state index in [1.165, 1.54) is 0 Å². The summed E-state index contributed by atoms with van der Waals surface area (Å²) >= 11 is 0. The molecule has 0 aliphatic heterocycles. The smallest absolute Gasteiger partial charge is 0.460 e. The lowest BCUT2D eigenvalue weighted by atomic mass is 9.98. The number of carboxylic acids is 1. The molecule has 0 aliphatic carbocycles. The van der Waals surface area contributed by atoms with Gasteiger partial charge in [0.25, 0.3) is 10.0 Å². The summed E-state index contributed by atoms with van der Waals surface area (Å²) in [5, 5.41) is 1.70. The van der Waals surface area contributed by atoms with Crippen molar-refractivity contribution in [3.63, 3.8) is 0 Å². The minimum atomic E-state index is -9.04. The molecule has 0 aromatic heterocycles. The summed E-state index contributed by atoms with van der Waals surface area (Å²) in [6.45, 7) is -3.46. The summed E-state index contributed by atoms with van der Waals surface area (Å²) in [4.78, 5) is 10.3. The van der Waals surface area contributed by atoms with Gasteiger partial charge >= 0.3 is 53.3 Å². The van der Waals surface area contributed by atoms with Crippen LogP contribution in [-0.2, 0) is 14.8 Å². The second kappa shape index (κ2) is 10.1. The summed E-state index contributed by atoms with van der Waals surface area (Å²) < 4.78 is 298. The molecule has 0 radical (unpaired) electrons. The number of aliphatic carboxylic acids is 1. The molecular weight excluding hydrogens is 677 g/mol. The van der Waals surface area contributed by atoms with E-state index in [0.717, 1.165) is 0 Å². The predicted molar refractivity (Wildman–Crippen MR) is 81.2 cm³/mol. The topological polar surface area (TPSA) is 77.5 Å². The van der Waals surface area contributed by atoms with E-state index in [0.29, 0.717) is 0 Å². The van der Waals surface area contributed by atoms with Crippen LogP contribution < -0.4 is 5.11 Å². The molecule has 0 rings (SSSR count). The van der Waals surface area contributed by atoms with Crippen molar-refractivity contribution in [3.05, 3.63) is 11.4 Å². The Hall–Kier alpha value is -2.35. The fourth-order valence-electron chi connectivity index (χ4n) is 2.35. The molecule has 0 N–H and O–H groups in total. The number of rotatable bonds is 11. The first kappa shape index (κ1) is 38.6. The minimum absolute atomic E-state index is 0.467. The van der Waals surface area contributed by atoms with Crippen LogP contribution in [0.2, 0.25) is 0 Å². The minimum Gasteiger partial charge on any atom is -0.545 e. The van der Waals surface area contributed by atoms with Crippen molar-refractivity contribution in [3.8, 4) is 0 Å². The van der Waals surface area contributed by atoms with Crippen molar-refractivity contribution in [1.29, 1.82) is 0 Å². The van der Waals surface area contributed by atoms with E-state index < -0.39 is 98.4 Å². The molecule has 0 unspecified atom stereocenters. The molecular formula is C14H5F21NO4S-. The highest BCUT2D eigenvalue weighted by Gasteiger charge is 2.93. The molecule has 0 saturated heterocycles. The third-order valence-corrected chi connectivity index (χ3v) is 6.45. The molecule has 0 saturated carbocycles. The van der Waals surface area contributed by atoms with Gasteiger partial charge in [-0.2, -0.15) is 87.8 Å². The number of hydrogen-bond donors (Lipinski definition) is 0. The number of halogens is 21. The normalized spacial score (nSPS) is 16.7. The van der Waals surface area contributed by atoms with Gasteiger partial charge in [-0.1, -0.05) is 6.92 Å². The van der Waals surface area contributed by atoms with Crippen LogP contribution in [0.1, 0.15) is 6.92 Å². The largest absolute Gasteiger partial charge is 0.545 e. The molecule has 0 aromatic rings. The highest BCUT2D eigenvalue weighted by atomic mass is 32.2. The summed E-state index contributed by atoms with van der Waals surface area (Å²) in [6, 6.07) is -7.73. The Labute approximate surface area is 210 Å². The van der Waals surface area contributed by atoms with E-state index in [9.17, 15) is 111 Å². The summed E-state index contributed by atoms with van der Waals surface area (Å²) in [5.74, 6) is -52.0. The number of carbonyl (C=O) groups is 1. The van der Waals surface area contributed by atoms with E-state index >= 15 is 0 Å². The number of hydrogen-bond acceptors (Lipinski definition) is 4. The van der Waals surface area contributed by atoms with Gasteiger partial charge in [0.05, 0.1) is 5.97 Å². The Morgan fingerprint density at radius 3 is 1.27 bits per heavy atom. The second-order valence-electron chi connectivity index (χ2n) is 7.07. The first-order valence-corrected chi connectivity index (χ1v) is 10.3. The molecule has 0 bridgehead atoms. The predicted octanol–water partition coefficient (Wildman–Crippen LogP) is 5.10. The lowest BCUT2D eigenvalue weighted by molar-refractivity contribution is -0.433. The van der Waals surface area contributed by atoms with Crippen molar-refractivity contribution < 1.29 is 111 Å². The fraction of sp³-hybridized carbons (Fsp3) is 0.786. The molecule has 0 aliphatic rings. The van der Waals surface area contributed by atoms with Crippen LogP contribution in [0.3, 0.4) is 0 Å². The monoisotopic (exact) mass is 682 g/mol. The van der Waals surface area contributed by atoms with Crippen molar-refractivity contribution >= 4 is 16.0 Å². The molecule has 0 atom stereocenters. The van der Waals surface area contributed by atoms with Crippen LogP contribution in [0.25, 0.3) is 0 Å². The second-order valence-corrected chi connectivity index (χ2v) is 8.98. The van der Waals surface area contributed by atoms with E-state index in [2.05, 4.69) is 0 Å². The highest BCUT2D eigenvalue weighted by Crippen LogP contribution is 2.62. The Balaban J connectivity index is 7.46. The van der Waals surface area contributed by atoms with Crippen molar-refractivity contribution in [1.82, 2.24) is 4.31 Å². The number of carbonyl (C=O) groups excluding carboxylic acids is 1. The molecule has 0 fully saturated rings. The van der Waals surface area contributed by atoms with Crippen LogP contribution in [-0.4, -0.2) is 78.5 Å². The zero-order chi connectivity index (χ0) is 34.0. The van der Waals surface area contributed by atoms with Gasteiger partial charge in [0, 0.05) is 6.54 Å². The van der Waals surface area contributed by atoms with Crippen molar-refractivity contribution in [2.24, 2.45) is 0 Å². The number of nitrogens with zero attached hydrogens (tertiary/aromatic N) is 1. The van der Waals surface area contributed by atoms with E-state index in [1.807, 2.05) is 0 Å². The molecule has 0 spiro atoms. The lowest BCUT2D eigenvalue weighted by Crippen LogP contribution is -2.73. The molecule has 27 heteroatoms. The molecule has 0 heterocycles. The molecule has 0 aromatic carbocycles. The van der Waals surface area contributed by atoms with Crippen LogP contribution >= 0.6 is 0 Å². The van der Waals surface area contributed by atoms with Gasteiger partial charge in [-0.3, -0.25) is 0 Å². The lowest BCUT2D eigenvalue weighted by Gasteiger charge is -2.41. The molecule has 5 nitrogen and oxygen atoms in total. The molecule has 41 heavy (non-hydrogen) atoms. The summed E-state index contributed by atoms with van der Waals surface area (Å²) in [5.41, 5.74) is -4.42. The maximum absolute atomic E-state index is 14.2. The zero-order valence-electron chi connectivity index (χ0n) is 18.1. The average Bonchev–Trinajstić information content (AvgIpc) is 2.70. The standard InChI is InChI=1S/C14H6F21NO4S/c1-2-36(13(32,33)6(16,17)4(15)3(5(37)38)7(18,19)20)41(39,40)14(34,35)11(27,28)9(23,24)8(21,22)10(25,26)12(29,30)31/h2H2,1H3,(H,37,38)/p-1. The Morgan fingerprint density at radius 2 is 1.00 bits per heavy atom. The van der Waals surface area contributed by atoms with Crippen molar-refractivity contribution in [2.45, 2.75) is 60.2 Å². The first-order valence-electron chi connectivity index (χ1n) is 8.84. The summed E-state index contributed by atoms with van der Waals surface area (Å²) in [7, 11) is -9.04. The van der Waals surface area contributed by atoms with Gasteiger partial charge in [-0.05, 0) is 0 Å². The van der Waals surface area contributed by atoms with Crippen LogP contribution in [0.4, 0.5) is 92.2 Å². The van der Waals surface area contributed by atoms with Crippen LogP contribution in [0.5, 0.6) is 0 Å². The fourth-order valence-corrected chi connectivity index (χ4v) is 3.84. The number of carboxylic acid groups (broad SMARTS) is 1. The van der Waals surface area contributed by atoms with Crippen LogP contribution in [0, 0.1) is 0 Å². The van der Waals surface area contributed by atoms with E-state index in [-0.39, 0.29) is 0 Å². The van der Waals surface area contributed by atoms with Gasteiger partial charge in [0.1, 0.15) is 5.57 Å². The maximum Gasteiger partial charge on any atom is 0.460 e.